The van der Waals surface area contributed by atoms with E-state index in [1.807, 2.05) is 20.0 Å². The number of hydrogen-bond donors (Lipinski definition) is 1. The lowest BCUT2D eigenvalue weighted by atomic mass is 10.2. The molecule has 0 saturated heterocycles. The van der Waals surface area contributed by atoms with Crippen LogP contribution in [0.2, 0.25) is 0 Å². The number of nitrogens with one attached hydrogen (secondary N) is 1. The second-order valence-electron chi connectivity index (χ2n) is 3.97. The third-order valence-corrected chi connectivity index (χ3v) is 2.46. The Kier molecular flexibility index (Phi) is 5.94. The molecule has 0 aromatic heterocycles. The quantitative estimate of drug-likeness (QED) is 0.795. The predicted octanol–water partition coefficient (Wildman–Crippen LogP) is 2.35. The van der Waals surface area contributed by atoms with E-state index < -0.39 is 0 Å². The van der Waals surface area contributed by atoms with E-state index >= 15 is 0 Å². The minimum absolute atomic E-state index is 0.0672. The number of halogens is 1. The molecule has 1 aromatic rings. The van der Waals surface area contributed by atoms with Crippen LogP contribution in [0.15, 0.2) is 18.2 Å². The van der Waals surface area contributed by atoms with E-state index in [9.17, 15) is 4.39 Å². The minimum atomic E-state index is -0.318. The average molecular weight is 241 g/mol. The molecule has 3 nitrogen and oxygen atoms in total. The SMILES string of the molecule is CNCc1cccc(F)c1OC(C)CCOC. The Hall–Kier alpha value is -1.13. The number of benzene rings is 1. The Morgan fingerprint density at radius 3 is 2.82 bits per heavy atom. The average Bonchev–Trinajstić information content (AvgIpc) is 2.31. The topological polar surface area (TPSA) is 30.5 Å². The Morgan fingerprint density at radius 2 is 2.18 bits per heavy atom. The van der Waals surface area contributed by atoms with Gasteiger partial charge in [0.1, 0.15) is 0 Å². The molecule has 0 radical (unpaired) electrons. The van der Waals surface area contributed by atoms with Crippen molar-refractivity contribution in [1.29, 1.82) is 0 Å². The monoisotopic (exact) mass is 241 g/mol. The number of methoxy groups -OCH3 is 1. The van der Waals surface area contributed by atoms with Gasteiger partial charge in [-0.3, -0.25) is 0 Å². The summed E-state index contributed by atoms with van der Waals surface area (Å²) in [5, 5.41) is 3.00. The van der Waals surface area contributed by atoms with Crippen LogP contribution in [0.3, 0.4) is 0 Å². The highest BCUT2D eigenvalue weighted by molar-refractivity contribution is 5.35. The van der Waals surface area contributed by atoms with Crippen molar-refractivity contribution in [3.05, 3.63) is 29.6 Å². The Bertz CT molecular complexity index is 344. The van der Waals surface area contributed by atoms with Crippen LogP contribution in [0, 0.1) is 5.82 Å². The summed E-state index contributed by atoms with van der Waals surface area (Å²) in [7, 11) is 3.46. The van der Waals surface area contributed by atoms with Crippen LogP contribution in [0.4, 0.5) is 4.39 Å². The van der Waals surface area contributed by atoms with Gasteiger partial charge in [0.05, 0.1) is 6.10 Å². The van der Waals surface area contributed by atoms with Gasteiger partial charge in [-0.25, -0.2) is 4.39 Å². The second-order valence-corrected chi connectivity index (χ2v) is 3.97. The van der Waals surface area contributed by atoms with Crippen molar-refractivity contribution >= 4 is 0 Å². The van der Waals surface area contributed by atoms with Crippen LogP contribution in [0.1, 0.15) is 18.9 Å². The highest BCUT2D eigenvalue weighted by atomic mass is 19.1. The summed E-state index contributed by atoms with van der Waals surface area (Å²) in [6.45, 7) is 3.11. The van der Waals surface area contributed by atoms with E-state index in [0.717, 1.165) is 12.0 Å². The minimum Gasteiger partial charge on any atom is -0.487 e. The number of ether oxygens (including phenoxy) is 2. The van der Waals surface area contributed by atoms with Crippen molar-refractivity contribution in [3.8, 4) is 5.75 Å². The predicted molar refractivity (Wildman–Crippen MR) is 65.7 cm³/mol. The lowest BCUT2D eigenvalue weighted by Gasteiger charge is -2.17. The van der Waals surface area contributed by atoms with Crippen LogP contribution in [-0.4, -0.2) is 26.9 Å². The molecular weight excluding hydrogens is 221 g/mol. The first-order valence-electron chi connectivity index (χ1n) is 5.76. The molecule has 0 amide bonds. The molecule has 0 aliphatic heterocycles. The Balaban J connectivity index is 2.73. The summed E-state index contributed by atoms with van der Waals surface area (Å²) in [4.78, 5) is 0. The van der Waals surface area contributed by atoms with Gasteiger partial charge in [-0.2, -0.15) is 0 Å². The first-order valence-corrected chi connectivity index (χ1v) is 5.76. The van der Waals surface area contributed by atoms with E-state index in [1.54, 1.807) is 13.2 Å². The van der Waals surface area contributed by atoms with Gasteiger partial charge in [0.25, 0.3) is 0 Å². The van der Waals surface area contributed by atoms with Gasteiger partial charge in [0, 0.05) is 32.2 Å². The molecule has 1 rings (SSSR count). The van der Waals surface area contributed by atoms with E-state index in [4.69, 9.17) is 9.47 Å². The normalized spacial score (nSPS) is 12.5. The molecule has 4 heteroatoms. The summed E-state index contributed by atoms with van der Waals surface area (Å²) in [5.41, 5.74) is 0.830. The molecular formula is C13H20FNO2. The van der Waals surface area contributed by atoms with Gasteiger partial charge in [-0.05, 0) is 20.0 Å². The van der Waals surface area contributed by atoms with Crippen LogP contribution < -0.4 is 10.1 Å². The molecule has 0 aliphatic rings. The molecule has 96 valence electrons. The van der Waals surface area contributed by atoms with Crippen LogP contribution in [0.5, 0.6) is 5.75 Å². The van der Waals surface area contributed by atoms with Gasteiger partial charge < -0.3 is 14.8 Å². The van der Waals surface area contributed by atoms with Gasteiger partial charge in [-0.15, -0.1) is 0 Å². The molecule has 0 aliphatic carbocycles. The van der Waals surface area contributed by atoms with E-state index in [0.29, 0.717) is 18.9 Å². The van der Waals surface area contributed by atoms with Crippen molar-refractivity contribution in [2.75, 3.05) is 20.8 Å². The lowest BCUT2D eigenvalue weighted by molar-refractivity contribution is 0.131. The molecule has 0 bridgehead atoms. The maximum atomic E-state index is 13.7. The molecule has 1 atom stereocenters. The lowest BCUT2D eigenvalue weighted by Crippen LogP contribution is -2.17. The molecule has 1 aromatic carbocycles. The molecule has 0 heterocycles. The summed E-state index contributed by atoms with van der Waals surface area (Å²) >= 11 is 0. The zero-order chi connectivity index (χ0) is 12.7. The highest BCUT2D eigenvalue weighted by Gasteiger charge is 2.12. The van der Waals surface area contributed by atoms with E-state index in [1.165, 1.54) is 6.07 Å². The number of rotatable bonds is 7. The zero-order valence-corrected chi connectivity index (χ0v) is 10.6. The number of hydrogen-bond acceptors (Lipinski definition) is 3. The van der Waals surface area contributed by atoms with Crippen molar-refractivity contribution in [3.63, 3.8) is 0 Å². The molecule has 0 saturated carbocycles. The third-order valence-electron chi connectivity index (χ3n) is 2.46. The summed E-state index contributed by atoms with van der Waals surface area (Å²) in [6.07, 6.45) is 0.673. The van der Waals surface area contributed by atoms with Crippen LogP contribution in [-0.2, 0) is 11.3 Å². The van der Waals surface area contributed by atoms with Crippen LogP contribution in [0.25, 0.3) is 0 Å². The first kappa shape index (κ1) is 13.9. The first-order chi connectivity index (χ1) is 8.19. The van der Waals surface area contributed by atoms with Crippen molar-refractivity contribution in [2.45, 2.75) is 26.0 Å². The van der Waals surface area contributed by atoms with Gasteiger partial charge in [0.15, 0.2) is 11.6 Å². The summed E-state index contributed by atoms with van der Waals surface area (Å²) < 4.78 is 24.3. The third kappa shape index (κ3) is 4.32. The van der Waals surface area contributed by atoms with Crippen molar-refractivity contribution in [1.82, 2.24) is 5.32 Å². The van der Waals surface area contributed by atoms with E-state index in [2.05, 4.69) is 5.32 Å². The fraction of sp³-hybridized carbons (Fsp3) is 0.538. The number of para-hydroxylation sites is 1. The fourth-order valence-corrected chi connectivity index (χ4v) is 1.56. The maximum absolute atomic E-state index is 13.7. The Labute approximate surface area is 102 Å². The highest BCUT2D eigenvalue weighted by Crippen LogP contribution is 2.24. The summed E-state index contributed by atoms with van der Waals surface area (Å²) in [5.74, 6) is 0.0208. The molecule has 0 spiro atoms. The Morgan fingerprint density at radius 1 is 1.41 bits per heavy atom. The zero-order valence-electron chi connectivity index (χ0n) is 10.6. The van der Waals surface area contributed by atoms with Crippen molar-refractivity contribution < 1.29 is 13.9 Å². The molecule has 17 heavy (non-hydrogen) atoms. The molecule has 1 unspecified atom stereocenters. The maximum Gasteiger partial charge on any atom is 0.165 e. The second kappa shape index (κ2) is 7.25. The molecule has 1 N–H and O–H groups in total. The van der Waals surface area contributed by atoms with E-state index in [-0.39, 0.29) is 11.9 Å². The van der Waals surface area contributed by atoms with Gasteiger partial charge >= 0.3 is 0 Å². The van der Waals surface area contributed by atoms with Gasteiger partial charge in [0.2, 0.25) is 0 Å². The van der Waals surface area contributed by atoms with Crippen LogP contribution >= 0.6 is 0 Å². The van der Waals surface area contributed by atoms with Crippen molar-refractivity contribution in [2.24, 2.45) is 0 Å². The van der Waals surface area contributed by atoms with Gasteiger partial charge in [-0.1, -0.05) is 12.1 Å². The fourth-order valence-electron chi connectivity index (χ4n) is 1.56. The largest absolute Gasteiger partial charge is 0.487 e. The summed E-state index contributed by atoms with van der Waals surface area (Å²) in [6, 6.07) is 4.96. The standard InChI is InChI=1S/C13H20FNO2/c1-10(7-8-16-3)17-13-11(9-15-2)5-4-6-12(13)14/h4-6,10,15H,7-9H2,1-3H3. The smallest absolute Gasteiger partial charge is 0.165 e. The molecule has 0 fully saturated rings.